The van der Waals surface area contributed by atoms with Crippen molar-refractivity contribution >= 4 is 12.0 Å². The molecular weight excluding hydrogens is 364 g/mol. The molecule has 1 aromatic rings. The van der Waals surface area contributed by atoms with Gasteiger partial charge < -0.3 is 29.5 Å². The van der Waals surface area contributed by atoms with E-state index in [1.807, 2.05) is 6.92 Å². The third-order valence-corrected chi connectivity index (χ3v) is 6.11. The number of ether oxygens (including phenoxy) is 3. The predicted octanol–water partition coefficient (Wildman–Crippen LogP) is 2.67. The zero-order valence-electron chi connectivity index (χ0n) is 16.8. The Morgan fingerprint density at radius 3 is 2.36 bits per heavy atom. The van der Waals surface area contributed by atoms with Crippen molar-refractivity contribution in [1.82, 2.24) is 10.2 Å². The van der Waals surface area contributed by atoms with Gasteiger partial charge in [-0.05, 0) is 43.4 Å². The molecule has 2 aliphatic rings. The number of carbonyl (C=O) groups is 2. The van der Waals surface area contributed by atoms with Crippen molar-refractivity contribution in [3.8, 4) is 17.2 Å². The first-order chi connectivity index (χ1) is 13.4. The largest absolute Gasteiger partial charge is 0.493 e. The van der Waals surface area contributed by atoms with Crippen LogP contribution in [0.5, 0.6) is 17.2 Å². The van der Waals surface area contributed by atoms with Gasteiger partial charge in [0.05, 0.1) is 32.8 Å². The van der Waals surface area contributed by atoms with Gasteiger partial charge in [-0.25, -0.2) is 4.79 Å². The fourth-order valence-electron chi connectivity index (χ4n) is 4.50. The topological polar surface area (TPSA) is 97.3 Å². The summed E-state index contributed by atoms with van der Waals surface area (Å²) in [5.41, 5.74) is 0.0165. The number of amides is 2. The molecule has 0 bridgehead atoms. The maximum absolute atomic E-state index is 12.8. The van der Waals surface area contributed by atoms with Crippen LogP contribution >= 0.6 is 0 Å². The number of carboxylic acid groups (broad SMARTS) is 1. The van der Waals surface area contributed by atoms with Crippen molar-refractivity contribution in [3.63, 3.8) is 0 Å². The van der Waals surface area contributed by atoms with Crippen LogP contribution in [0.2, 0.25) is 0 Å². The van der Waals surface area contributed by atoms with E-state index in [1.165, 1.54) is 7.11 Å². The average Bonchev–Trinajstić information content (AvgIpc) is 3.25. The average molecular weight is 392 g/mol. The second-order valence-corrected chi connectivity index (χ2v) is 7.56. The Bertz CT molecular complexity index is 742. The van der Waals surface area contributed by atoms with Crippen LogP contribution in [-0.4, -0.2) is 56.4 Å². The molecule has 1 aromatic carbocycles. The lowest BCUT2D eigenvalue weighted by atomic mass is 9.81. The van der Waals surface area contributed by atoms with E-state index >= 15 is 0 Å². The molecular formula is C20H28N2O6. The van der Waals surface area contributed by atoms with Gasteiger partial charge in [-0.2, -0.15) is 0 Å². The Labute approximate surface area is 164 Å². The zero-order chi connectivity index (χ0) is 20.5. The summed E-state index contributed by atoms with van der Waals surface area (Å²) >= 11 is 0. The molecule has 1 saturated heterocycles. The normalized spacial score (nSPS) is 24.4. The first-order valence-corrected chi connectivity index (χ1v) is 9.45. The van der Waals surface area contributed by atoms with Crippen LogP contribution in [0.25, 0.3) is 0 Å². The Morgan fingerprint density at radius 1 is 1.21 bits per heavy atom. The minimum absolute atomic E-state index is 0.0345. The lowest BCUT2D eigenvalue weighted by molar-refractivity contribution is -0.149. The van der Waals surface area contributed by atoms with Gasteiger partial charge in [0, 0.05) is 13.1 Å². The maximum atomic E-state index is 12.8. The third kappa shape index (κ3) is 3.31. The molecule has 0 radical (unpaired) electrons. The number of fused-ring (bicyclic) bond motifs is 1. The van der Waals surface area contributed by atoms with E-state index in [0.717, 1.165) is 18.4 Å². The minimum atomic E-state index is -0.789. The number of aliphatic carboxylic acids is 1. The van der Waals surface area contributed by atoms with Crippen LogP contribution in [0.3, 0.4) is 0 Å². The molecule has 1 saturated carbocycles. The number of methoxy groups -OCH3 is 3. The van der Waals surface area contributed by atoms with Crippen molar-refractivity contribution in [3.05, 3.63) is 17.7 Å². The number of carboxylic acids is 1. The molecule has 1 aliphatic carbocycles. The summed E-state index contributed by atoms with van der Waals surface area (Å²) in [7, 11) is 4.62. The highest BCUT2D eigenvalue weighted by atomic mass is 16.5. The van der Waals surface area contributed by atoms with E-state index in [2.05, 4.69) is 5.32 Å². The summed E-state index contributed by atoms with van der Waals surface area (Å²) in [6, 6.07) is 3.02. The fourth-order valence-corrected chi connectivity index (χ4v) is 4.50. The highest BCUT2D eigenvalue weighted by Crippen LogP contribution is 2.49. The third-order valence-electron chi connectivity index (χ3n) is 6.11. The summed E-state index contributed by atoms with van der Waals surface area (Å²) in [5.74, 6) is 0.759. The lowest BCUT2D eigenvalue weighted by Crippen LogP contribution is -2.42. The molecule has 1 heterocycles. The van der Waals surface area contributed by atoms with Gasteiger partial charge in [-0.1, -0.05) is 6.42 Å². The Balaban J connectivity index is 1.74. The summed E-state index contributed by atoms with van der Waals surface area (Å²) < 4.78 is 16.1. The van der Waals surface area contributed by atoms with Crippen LogP contribution < -0.4 is 19.5 Å². The summed E-state index contributed by atoms with van der Waals surface area (Å²) in [4.78, 5) is 26.2. The highest BCUT2D eigenvalue weighted by molar-refractivity contribution is 5.80. The number of likely N-dealkylation sites (tertiary alicyclic amines) is 1. The van der Waals surface area contributed by atoms with E-state index in [9.17, 15) is 14.7 Å². The lowest BCUT2D eigenvalue weighted by Gasteiger charge is -2.25. The highest BCUT2D eigenvalue weighted by Gasteiger charge is 2.55. The molecule has 0 spiro atoms. The molecule has 28 heavy (non-hydrogen) atoms. The molecule has 2 fully saturated rings. The van der Waals surface area contributed by atoms with Crippen molar-refractivity contribution < 1.29 is 28.9 Å². The molecule has 1 unspecified atom stereocenters. The number of nitrogens with zero attached hydrogens (tertiary/aromatic N) is 1. The summed E-state index contributed by atoms with van der Waals surface area (Å²) in [5, 5.41) is 12.7. The van der Waals surface area contributed by atoms with Gasteiger partial charge in [0.15, 0.2) is 11.5 Å². The van der Waals surface area contributed by atoms with Gasteiger partial charge in [-0.15, -0.1) is 0 Å². The molecule has 3 atom stereocenters. The van der Waals surface area contributed by atoms with Crippen LogP contribution in [0.15, 0.2) is 12.1 Å². The molecule has 1 aliphatic heterocycles. The quantitative estimate of drug-likeness (QED) is 0.773. The summed E-state index contributed by atoms with van der Waals surface area (Å²) in [6.07, 6.45) is 2.41. The first-order valence-electron chi connectivity index (χ1n) is 9.45. The van der Waals surface area contributed by atoms with Crippen molar-refractivity contribution in [2.24, 2.45) is 11.3 Å². The molecule has 8 heteroatoms. The van der Waals surface area contributed by atoms with Crippen LogP contribution in [0.1, 0.15) is 37.8 Å². The monoisotopic (exact) mass is 392 g/mol. The van der Waals surface area contributed by atoms with Gasteiger partial charge in [0.1, 0.15) is 0 Å². The standard InChI is InChI=1S/C20H28N2O6/c1-12(13-8-15(26-2)17(28-4)16(9-13)27-3)21-19(25)22-10-14-6-5-7-20(14,11-22)18(23)24/h8-9,12,14H,5-7,10-11H2,1-4H3,(H,21,25)(H,23,24)/t12?,14-,20+/m0/s1. The Hall–Kier alpha value is -2.64. The molecule has 8 nitrogen and oxygen atoms in total. The smallest absolute Gasteiger partial charge is 0.317 e. The second-order valence-electron chi connectivity index (χ2n) is 7.56. The van der Waals surface area contributed by atoms with Crippen molar-refractivity contribution in [2.75, 3.05) is 34.4 Å². The van der Waals surface area contributed by atoms with Gasteiger partial charge in [0.25, 0.3) is 0 Å². The van der Waals surface area contributed by atoms with E-state index in [1.54, 1.807) is 31.3 Å². The number of benzene rings is 1. The molecule has 0 aromatic heterocycles. The molecule has 2 N–H and O–H groups in total. The SMILES string of the molecule is COc1cc(C(C)NC(=O)N2C[C@@H]3CCC[C@@]3(C(=O)O)C2)cc(OC)c1OC. The molecule has 3 rings (SSSR count). The van der Waals surface area contributed by atoms with Crippen molar-refractivity contribution in [2.45, 2.75) is 32.2 Å². The van der Waals surface area contributed by atoms with E-state index < -0.39 is 11.4 Å². The minimum Gasteiger partial charge on any atom is -0.493 e. The van der Waals surface area contributed by atoms with Crippen LogP contribution in [0, 0.1) is 11.3 Å². The van der Waals surface area contributed by atoms with Crippen LogP contribution in [-0.2, 0) is 4.79 Å². The number of hydrogen-bond donors (Lipinski definition) is 2. The Morgan fingerprint density at radius 2 is 1.86 bits per heavy atom. The zero-order valence-corrected chi connectivity index (χ0v) is 16.8. The first kappa shape index (κ1) is 20.1. The molecule has 154 valence electrons. The molecule has 2 amide bonds. The van der Waals surface area contributed by atoms with E-state index in [4.69, 9.17) is 14.2 Å². The van der Waals surface area contributed by atoms with E-state index in [-0.39, 0.29) is 24.5 Å². The fraction of sp³-hybridized carbons (Fsp3) is 0.600. The summed E-state index contributed by atoms with van der Waals surface area (Å²) in [6.45, 7) is 2.61. The predicted molar refractivity (Wildman–Crippen MR) is 102 cm³/mol. The number of carbonyl (C=O) groups excluding carboxylic acids is 1. The van der Waals surface area contributed by atoms with Gasteiger partial charge >= 0.3 is 12.0 Å². The number of hydrogen-bond acceptors (Lipinski definition) is 5. The maximum Gasteiger partial charge on any atom is 0.317 e. The Kier molecular flexibility index (Phi) is 5.58. The number of nitrogens with one attached hydrogen (secondary N) is 1. The number of rotatable bonds is 6. The second kappa shape index (κ2) is 7.77. The van der Waals surface area contributed by atoms with Crippen molar-refractivity contribution in [1.29, 1.82) is 0 Å². The van der Waals surface area contributed by atoms with Crippen LogP contribution in [0.4, 0.5) is 4.79 Å². The number of urea groups is 1. The van der Waals surface area contributed by atoms with E-state index in [0.29, 0.717) is 30.2 Å². The van der Waals surface area contributed by atoms with Gasteiger partial charge in [-0.3, -0.25) is 4.79 Å². The van der Waals surface area contributed by atoms with Gasteiger partial charge in [0.2, 0.25) is 5.75 Å².